The van der Waals surface area contributed by atoms with E-state index in [1.807, 2.05) is 30.8 Å². The molecule has 1 saturated heterocycles. The second kappa shape index (κ2) is 11.5. The van der Waals surface area contributed by atoms with Crippen LogP contribution in [0, 0.1) is 18.7 Å². The van der Waals surface area contributed by atoms with E-state index in [0.717, 1.165) is 61.5 Å². The molecule has 2 aromatic heterocycles. The van der Waals surface area contributed by atoms with E-state index < -0.39 is 5.82 Å². The summed E-state index contributed by atoms with van der Waals surface area (Å²) in [6, 6.07) is 4.89. The van der Waals surface area contributed by atoms with Crippen molar-refractivity contribution < 1.29 is 14.0 Å². The molecule has 0 saturated carbocycles. The second-order valence-electron chi connectivity index (χ2n) is 10.7. The van der Waals surface area contributed by atoms with Gasteiger partial charge in [0.1, 0.15) is 12.1 Å². The van der Waals surface area contributed by atoms with Crippen LogP contribution in [0.15, 0.2) is 36.8 Å². The van der Waals surface area contributed by atoms with Gasteiger partial charge in [-0.05, 0) is 88.2 Å². The Hall–Kier alpha value is -3.06. The van der Waals surface area contributed by atoms with E-state index in [-0.39, 0.29) is 11.9 Å². The molecular weight excluding hydrogens is 467 g/mol. The van der Waals surface area contributed by atoms with E-state index >= 15 is 0 Å². The molecular formula is C30H39FN4O2. The van der Waals surface area contributed by atoms with Crippen molar-refractivity contribution in [1.82, 2.24) is 19.4 Å². The molecule has 0 radical (unpaired) electrons. The number of aldehydes is 1. The Balaban J connectivity index is 1.70. The number of hydrogen-bond acceptors (Lipinski definition) is 4. The number of benzene rings is 1. The first-order chi connectivity index (χ1) is 17.7. The van der Waals surface area contributed by atoms with Gasteiger partial charge >= 0.3 is 0 Å². The number of carbonyl (C=O) groups excluding carboxylic acids is 2. The van der Waals surface area contributed by atoms with Crippen molar-refractivity contribution in [2.24, 2.45) is 5.92 Å². The summed E-state index contributed by atoms with van der Waals surface area (Å²) in [7, 11) is 1.75. The summed E-state index contributed by atoms with van der Waals surface area (Å²) in [5.74, 6) is -0.125. The zero-order valence-corrected chi connectivity index (χ0v) is 22.7. The number of fused-ring (bicyclic) bond motifs is 1. The molecule has 0 aliphatic carbocycles. The van der Waals surface area contributed by atoms with Gasteiger partial charge in [-0.1, -0.05) is 6.92 Å². The van der Waals surface area contributed by atoms with Crippen LogP contribution in [0.3, 0.4) is 0 Å². The van der Waals surface area contributed by atoms with Gasteiger partial charge < -0.3 is 19.2 Å². The van der Waals surface area contributed by atoms with E-state index in [4.69, 9.17) is 0 Å². The number of rotatable bonds is 10. The molecule has 6 nitrogen and oxygen atoms in total. The number of aryl methyl sites for hydroxylation is 1. The van der Waals surface area contributed by atoms with E-state index in [1.54, 1.807) is 18.0 Å². The predicted octanol–water partition coefficient (Wildman–Crippen LogP) is 5.58. The van der Waals surface area contributed by atoms with Crippen molar-refractivity contribution in [2.75, 3.05) is 20.1 Å². The van der Waals surface area contributed by atoms with Crippen LogP contribution in [0.4, 0.5) is 4.39 Å². The summed E-state index contributed by atoms with van der Waals surface area (Å²) in [6.07, 6.45) is 11.5. The maximum Gasteiger partial charge on any atom is 0.256 e. The smallest absolute Gasteiger partial charge is 0.256 e. The van der Waals surface area contributed by atoms with Crippen LogP contribution in [0.2, 0.25) is 0 Å². The van der Waals surface area contributed by atoms with Crippen LogP contribution < -0.4 is 0 Å². The summed E-state index contributed by atoms with van der Waals surface area (Å²) in [5.41, 5.74) is 4.25. The third kappa shape index (κ3) is 5.61. The summed E-state index contributed by atoms with van der Waals surface area (Å²) < 4.78 is 16.3. The van der Waals surface area contributed by atoms with Crippen LogP contribution in [0.25, 0.3) is 16.6 Å². The molecule has 0 spiro atoms. The molecule has 3 aromatic rings. The standard InChI is InChI=1S/C30H39FN4O2/c1-6-25(8-7-13-36)34-12-11-22(18-34)14-23-19-35(28-17-32-16-21(4)29(23)28)27-10-9-24(31)15-26(27)30(37)33(5)20(2)3/h9-10,13,15-17,19-20,22,25H,6-8,11-12,14,18H2,1-5H3/t22-,25?/m0/s1. The third-order valence-corrected chi connectivity index (χ3v) is 7.96. The number of likely N-dealkylation sites (tertiary alicyclic amines) is 1. The first kappa shape index (κ1) is 27.0. The van der Waals surface area contributed by atoms with Crippen LogP contribution in [0.5, 0.6) is 0 Å². The van der Waals surface area contributed by atoms with Crippen molar-refractivity contribution in [3.8, 4) is 5.69 Å². The van der Waals surface area contributed by atoms with E-state index in [0.29, 0.717) is 29.6 Å². The maximum atomic E-state index is 14.3. The lowest BCUT2D eigenvalue weighted by Crippen LogP contribution is -2.33. The lowest BCUT2D eigenvalue weighted by atomic mass is 9.97. The Bertz CT molecular complexity index is 1270. The van der Waals surface area contributed by atoms with Gasteiger partial charge in [0.05, 0.1) is 23.0 Å². The SMILES string of the molecule is CCC(CCC=O)N1CC[C@@H](Cc2cn(-c3ccc(F)cc3C(=O)N(C)C(C)C)c3cncc(C)c23)C1. The molecule has 1 aliphatic heterocycles. The van der Waals surface area contributed by atoms with Gasteiger partial charge in [0.25, 0.3) is 5.91 Å². The number of carbonyl (C=O) groups is 2. The summed E-state index contributed by atoms with van der Waals surface area (Å²) in [4.78, 5) is 32.9. The highest BCUT2D eigenvalue weighted by Crippen LogP contribution is 2.33. The highest BCUT2D eigenvalue weighted by atomic mass is 19.1. The van der Waals surface area contributed by atoms with Crippen molar-refractivity contribution >= 4 is 23.1 Å². The quantitative estimate of drug-likeness (QED) is 0.337. The van der Waals surface area contributed by atoms with Crippen molar-refractivity contribution in [1.29, 1.82) is 0 Å². The minimum atomic E-state index is -0.429. The normalized spacial score (nSPS) is 17.0. The molecule has 4 rings (SSSR count). The second-order valence-corrected chi connectivity index (χ2v) is 10.7. The number of hydrogen-bond donors (Lipinski definition) is 0. The molecule has 1 fully saturated rings. The van der Waals surface area contributed by atoms with Gasteiger partial charge in [0.15, 0.2) is 0 Å². The van der Waals surface area contributed by atoms with E-state index in [1.165, 1.54) is 17.7 Å². The fourth-order valence-corrected chi connectivity index (χ4v) is 5.69. The first-order valence-corrected chi connectivity index (χ1v) is 13.4. The largest absolute Gasteiger partial charge is 0.339 e. The minimum Gasteiger partial charge on any atom is -0.339 e. The summed E-state index contributed by atoms with van der Waals surface area (Å²) in [5, 5.41) is 1.15. The Morgan fingerprint density at radius 2 is 2.08 bits per heavy atom. The highest BCUT2D eigenvalue weighted by Gasteiger charge is 2.29. The van der Waals surface area contributed by atoms with E-state index in [9.17, 15) is 14.0 Å². The molecule has 0 N–H and O–H groups in total. The molecule has 7 heteroatoms. The lowest BCUT2D eigenvalue weighted by molar-refractivity contribution is -0.108. The van der Waals surface area contributed by atoms with Gasteiger partial charge in [0.2, 0.25) is 0 Å². The molecule has 0 bridgehead atoms. The molecule has 198 valence electrons. The molecule has 3 heterocycles. The Morgan fingerprint density at radius 3 is 2.78 bits per heavy atom. The Labute approximate surface area is 219 Å². The number of aromatic nitrogens is 2. The third-order valence-electron chi connectivity index (χ3n) is 7.96. The van der Waals surface area contributed by atoms with Gasteiger partial charge in [-0.25, -0.2) is 4.39 Å². The number of halogens is 1. The van der Waals surface area contributed by atoms with Crippen LogP contribution in [0.1, 0.15) is 67.9 Å². The van der Waals surface area contributed by atoms with Crippen molar-refractivity contribution in [3.05, 3.63) is 59.3 Å². The Morgan fingerprint density at radius 1 is 1.30 bits per heavy atom. The van der Waals surface area contributed by atoms with Crippen molar-refractivity contribution in [2.45, 2.75) is 71.9 Å². The zero-order chi connectivity index (χ0) is 26.7. The van der Waals surface area contributed by atoms with Crippen LogP contribution >= 0.6 is 0 Å². The molecule has 1 unspecified atom stereocenters. The molecule has 37 heavy (non-hydrogen) atoms. The fraction of sp³-hybridized carbons (Fsp3) is 0.500. The zero-order valence-electron chi connectivity index (χ0n) is 22.7. The van der Waals surface area contributed by atoms with Gasteiger partial charge in [-0.15, -0.1) is 0 Å². The lowest BCUT2D eigenvalue weighted by Gasteiger charge is -2.26. The average Bonchev–Trinajstić information content (AvgIpc) is 3.49. The monoisotopic (exact) mass is 506 g/mol. The summed E-state index contributed by atoms with van der Waals surface area (Å²) in [6.45, 7) is 10.2. The molecule has 1 amide bonds. The van der Waals surface area contributed by atoms with Crippen LogP contribution in [-0.2, 0) is 11.2 Å². The van der Waals surface area contributed by atoms with E-state index in [2.05, 4.69) is 29.9 Å². The van der Waals surface area contributed by atoms with Crippen molar-refractivity contribution in [3.63, 3.8) is 0 Å². The number of pyridine rings is 1. The van der Waals surface area contributed by atoms with Gasteiger partial charge in [-0.3, -0.25) is 9.78 Å². The maximum absolute atomic E-state index is 14.3. The summed E-state index contributed by atoms with van der Waals surface area (Å²) >= 11 is 0. The fourth-order valence-electron chi connectivity index (χ4n) is 5.69. The van der Waals surface area contributed by atoms with Gasteiger partial charge in [0, 0.05) is 49.9 Å². The predicted molar refractivity (Wildman–Crippen MR) is 146 cm³/mol. The highest BCUT2D eigenvalue weighted by molar-refractivity contribution is 5.99. The molecule has 1 aromatic carbocycles. The molecule has 2 atom stereocenters. The molecule has 1 aliphatic rings. The first-order valence-electron chi connectivity index (χ1n) is 13.4. The van der Waals surface area contributed by atoms with Gasteiger partial charge in [-0.2, -0.15) is 0 Å². The topological polar surface area (TPSA) is 58.4 Å². The number of nitrogens with zero attached hydrogens (tertiary/aromatic N) is 4. The minimum absolute atomic E-state index is 0.00622. The van der Waals surface area contributed by atoms with Crippen LogP contribution in [-0.4, -0.2) is 63.8 Å². The Kier molecular flexibility index (Phi) is 8.42. The number of amides is 1. The average molecular weight is 507 g/mol.